The van der Waals surface area contributed by atoms with Gasteiger partial charge in [-0.05, 0) is 30.2 Å². The van der Waals surface area contributed by atoms with Crippen LogP contribution in [0.1, 0.15) is 24.1 Å². The number of nitrogens with one attached hydrogen (secondary N) is 2. The van der Waals surface area contributed by atoms with E-state index >= 15 is 0 Å². The number of hydrogen-bond donors (Lipinski definition) is 2. The summed E-state index contributed by atoms with van der Waals surface area (Å²) in [5, 5.41) is 6.39. The Bertz CT molecular complexity index is 890. The van der Waals surface area contributed by atoms with E-state index < -0.39 is 6.04 Å². The molecule has 0 aliphatic heterocycles. The minimum Gasteiger partial charge on any atom is -0.493 e. The van der Waals surface area contributed by atoms with Crippen LogP contribution in [0.5, 0.6) is 11.5 Å². The lowest BCUT2D eigenvalue weighted by Gasteiger charge is -2.24. The highest BCUT2D eigenvalue weighted by molar-refractivity contribution is 5.94. The van der Waals surface area contributed by atoms with Crippen LogP contribution in [0.3, 0.4) is 0 Å². The van der Waals surface area contributed by atoms with Crippen molar-refractivity contribution in [1.29, 1.82) is 0 Å². The largest absolute Gasteiger partial charge is 0.493 e. The lowest BCUT2D eigenvalue weighted by Crippen LogP contribution is -2.40. The zero-order valence-corrected chi connectivity index (χ0v) is 16.9. The van der Waals surface area contributed by atoms with E-state index in [4.69, 9.17) is 9.47 Å². The van der Waals surface area contributed by atoms with Gasteiger partial charge in [0.15, 0.2) is 11.5 Å². The average molecular weight is 390 g/mol. The maximum Gasteiger partial charge on any atom is 0.241 e. The fourth-order valence-corrected chi connectivity index (χ4v) is 3.17. The maximum atomic E-state index is 12.8. The Kier molecular flexibility index (Phi) is 6.87. The van der Waals surface area contributed by atoms with Crippen molar-refractivity contribution in [2.75, 3.05) is 19.5 Å². The summed E-state index contributed by atoms with van der Waals surface area (Å²) in [6, 6.07) is 25.0. The van der Waals surface area contributed by atoms with Crippen molar-refractivity contribution < 1.29 is 14.3 Å². The Hall–Kier alpha value is -3.31. The number of carbonyl (C=O) groups is 1. The second-order valence-corrected chi connectivity index (χ2v) is 6.70. The van der Waals surface area contributed by atoms with Gasteiger partial charge >= 0.3 is 0 Å². The molecular formula is C24H26N2O3. The van der Waals surface area contributed by atoms with E-state index in [2.05, 4.69) is 34.9 Å². The molecular weight excluding hydrogens is 364 g/mol. The molecule has 3 aromatic rings. The van der Waals surface area contributed by atoms with Crippen LogP contribution < -0.4 is 20.1 Å². The van der Waals surface area contributed by atoms with Crippen LogP contribution in [0.25, 0.3) is 0 Å². The smallest absolute Gasteiger partial charge is 0.241 e. The lowest BCUT2D eigenvalue weighted by molar-refractivity contribution is -0.117. The molecule has 5 nitrogen and oxygen atoms in total. The van der Waals surface area contributed by atoms with Crippen LogP contribution in [0, 0.1) is 0 Å². The third-order valence-corrected chi connectivity index (χ3v) is 4.73. The van der Waals surface area contributed by atoms with Crippen LogP contribution in [0.2, 0.25) is 0 Å². The highest BCUT2D eigenvalue weighted by atomic mass is 16.5. The summed E-state index contributed by atoms with van der Waals surface area (Å²) in [4.78, 5) is 12.8. The molecule has 0 aliphatic carbocycles. The number of methoxy groups -OCH3 is 2. The summed E-state index contributed by atoms with van der Waals surface area (Å²) in [5.41, 5.74) is 2.85. The van der Waals surface area contributed by atoms with Crippen molar-refractivity contribution in [1.82, 2.24) is 5.32 Å². The second-order valence-electron chi connectivity index (χ2n) is 6.70. The Morgan fingerprint density at radius 1 is 0.793 bits per heavy atom. The topological polar surface area (TPSA) is 59.6 Å². The molecule has 0 aliphatic rings. The van der Waals surface area contributed by atoms with Crippen molar-refractivity contribution in [2.45, 2.75) is 19.0 Å². The molecule has 3 rings (SSSR count). The molecule has 0 heterocycles. The van der Waals surface area contributed by atoms with Crippen LogP contribution in [-0.2, 0) is 4.79 Å². The van der Waals surface area contributed by atoms with Gasteiger partial charge in [-0.2, -0.15) is 0 Å². The third-order valence-electron chi connectivity index (χ3n) is 4.73. The van der Waals surface area contributed by atoms with E-state index in [1.54, 1.807) is 32.4 Å². The zero-order valence-electron chi connectivity index (χ0n) is 16.9. The third kappa shape index (κ3) is 5.15. The van der Waals surface area contributed by atoms with Crippen molar-refractivity contribution in [3.63, 3.8) is 0 Å². The molecule has 0 unspecified atom stereocenters. The van der Waals surface area contributed by atoms with Gasteiger partial charge in [-0.25, -0.2) is 0 Å². The summed E-state index contributed by atoms with van der Waals surface area (Å²) < 4.78 is 10.6. The molecule has 150 valence electrons. The molecule has 0 spiro atoms. The Balaban J connectivity index is 1.76. The number of benzene rings is 3. The molecule has 5 heteroatoms. The molecule has 1 atom stereocenters. The summed E-state index contributed by atoms with van der Waals surface area (Å²) in [6.45, 7) is 1.86. The predicted octanol–water partition coefficient (Wildman–Crippen LogP) is 4.41. The standard InChI is InChI=1S/C24H26N2O3/c1-17(24(27)26-20-14-15-21(28-2)22(16-20)29-3)25-23(18-10-6-4-7-11-18)19-12-8-5-9-13-19/h4-17,23,25H,1-3H3,(H,26,27)/t17-/m1/s1. The lowest BCUT2D eigenvalue weighted by atomic mass is 9.98. The van der Waals surface area contributed by atoms with Gasteiger partial charge in [0.25, 0.3) is 0 Å². The van der Waals surface area contributed by atoms with Gasteiger partial charge in [-0.15, -0.1) is 0 Å². The summed E-state index contributed by atoms with van der Waals surface area (Å²) >= 11 is 0. The van der Waals surface area contributed by atoms with Gasteiger partial charge < -0.3 is 14.8 Å². The molecule has 3 aromatic carbocycles. The maximum absolute atomic E-state index is 12.8. The van der Waals surface area contributed by atoms with E-state index in [-0.39, 0.29) is 11.9 Å². The van der Waals surface area contributed by atoms with Crippen LogP contribution in [0.15, 0.2) is 78.9 Å². The van der Waals surface area contributed by atoms with E-state index in [0.29, 0.717) is 17.2 Å². The minimum atomic E-state index is -0.423. The first-order valence-corrected chi connectivity index (χ1v) is 9.51. The molecule has 0 bridgehead atoms. The molecule has 29 heavy (non-hydrogen) atoms. The van der Waals surface area contributed by atoms with Crippen molar-refractivity contribution >= 4 is 11.6 Å². The average Bonchev–Trinajstić information content (AvgIpc) is 2.78. The van der Waals surface area contributed by atoms with Crippen LogP contribution in [-0.4, -0.2) is 26.2 Å². The van der Waals surface area contributed by atoms with Crippen molar-refractivity contribution in [3.05, 3.63) is 90.0 Å². The quantitative estimate of drug-likeness (QED) is 0.598. The van der Waals surface area contributed by atoms with Crippen LogP contribution in [0.4, 0.5) is 5.69 Å². The van der Waals surface area contributed by atoms with E-state index in [1.165, 1.54) is 0 Å². The molecule has 0 fully saturated rings. The molecule has 1 amide bonds. The Morgan fingerprint density at radius 2 is 1.34 bits per heavy atom. The van der Waals surface area contributed by atoms with Gasteiger partial charge in [0, 0.05) is 11.8 Å². The normalized spacial score (nSPS) is 11.7. The molecule has 0 saturated heterocycles. The first-order valence-electron chi connectivity index (χ1n) is 9.51. The number of hydrogen-bond acceptors (Lipinski definition) is 4. The first kappa shape index (κ1) is 20.4. The number of amides is 1. The van der Waals surface area contributed by atoms with Gasteiger partial charge in [0.05, 0.1) is 26.3 Å². The summed E-state index contributed by atoms with van der Waals surface area (Å²) in [5.74, 6) is 1.05. The zero-order chi connectivity index (χ0) is 20.6. The van der Waals surface area contributed by atoms with Gasteiger partial charge in [0.2, 0.25) is 5.91 Å². The number of ether oxygens (including phenoxy) is 2. The SMILES string of the molecule is COc1ccc(NC(=O)[C@@H](C)NC(c2ccccc2)c2ccccc2)cc1OC. The predicted molar refractivity (Wildman–Crippen MR) is 116 cm³/mol. The van der Waals surface area contributed by atoms with E-state index in [1.807, 2.05) is 43.3 Å². The highest BCUT2D eigenvalue weighted by Crippen LogP contribution is 2.30. The Morgan fingerprint density at radius 3 is 1.86 bits per heavy atom. The summed E-state index contributed by atoms with van der Waals surface area (Å²) in [7, 11) is 3.15. The Labute approximate surface area is 171 Å². The highest BCUT2D eigenvalue weighted by Gasteiger charge is 2.21. The van der Waals surface area contributed by atoms with Crippen molar-refractivity contribution in [2.24, 2.45) is 0 Å². The second kappa shape index (κ2) is 9.75. The number of anilines is 1. The van der Waals surface area contributed by atoms with Gasteiger partial charge in [-0.1, -0.05) is 60.7 Å². The minimum absolute atomic E-state index is 0.0939. The molecule has 0 aromatic heterocycles. The molecule has 0 saturated carbocycles. The van der Waals surface area contributed by atoms with Gasteiger partial charge in [-0.3, -0.25) is 10.1 Å². The van der Waals surface area contributed by atoms with Crippen molar-refractivity contribution in [3.8, 4) is 11.5 Å². The monoisotopic (exact) mass is 390 g/mol. The van der Waals surface area contributed by atoms with E-state index in [0.717, 1.165) is 11.1 Å². The summed E-state index contributed by atoms with van der Waals surface area (Å²) in [6.07, 6.45) is 0. The fraction of sp³-hybridized carbons (Fsp3) is 0.208. The fourth-order valence-electron chi connectivity index (χ4n) is 3.17. The van der Waals surface area contributed by atoms with E-state index in [9.17, 15) is 4.79 Å². The van der Waals surface area contributed by atoms with Gasteiger partial charge in [0.1, 0.15) is 0 Å². The first-order chi connectivity index (χ1) is 14.1. The number of carbonyl (C=O) groups excluding carboxylic acids is 1. The molecule has 2 N–H and O–H groups in total. The van der Waals surface area contributed by atoms with Crippen LogP contribution >= 0.6 is 0 Å². The number of rotatable bonds is 8. The molecule has 0 radical (unpaired) electrons.